The van der Waals surface area contributed by atoms with Gasteiger partial charge in [0.1, 0.15) is 17.2 Å². The second kappa shape index (κ2) is 9.75. The third-order valence-corrected chi connectivity index (χ3v) is 7.37. The number of halogens is 2. The van der Waals surface area contributed by atoms with Crippen molar-refractivity contribution in [2.75, 3.05) is 10.6 Å². The van der Waals surface area contributed by atoms with Crippen LogP contribution < -0.4 is 10.6 Å². The van der Waals surface area contributed by atoms with Crippen molar-refractivity contribution in [2.45, 2.75) is 70.4 Å². The number of hydrogen-bond donors (Lipinski definition) is 3. The zero-order valence-corrected chi connectivity index (χ0v) is 19.7. The number of aliphatic carboxylic acids is 1. The summed E-state index contributed by atoms with van der Waals surface area (Å²) in [6.45, 7) is 2.27. The summed E-state index contributed by atoms with van der Waals surface area (Å²) in [5, 5.41) is 15.9. The molecule has 5 rings (SSSR count). The van der Waals surface area contributed by atoms with E-state index in [-0.39, 0.29) is 17.6 Å². The van der Waals surface area contributed by atoms with Gasteiger partial charge in [-0.2, -0.15) is 4.98 Å². The molecule has 1 aromatic carbocycles. The molecular formula is C25H30F2N6O2. The number of fused-ring (bicyclic) bond motifs is 1. The smallest absolute Gasteiger partial charge is 0.306 e. The number of hydrogen-bond acceptors (Lipinski definition) is 6. The first-order valence-corrected chi connectivity index (χ1v) is 12.3. The molecule has 8 nitrogen and oxygen atoms in total. The lowest BCUT2D eigenvalue weighted by Crippen LogP contribution is -2.26. The highest BCUT2D eigenvalue weighted by atomic mass is 19.1. The van der Waals surface area contributed by atoms with E-state index in [4.69, 9.17) is 4.98 Å². The first kappa shape index (κ1) is 23.4. The molecule has 2 saturated carbocycles. The Labute approximate surface area is 202 Å². The molecule has 0 unspecified atom stereocenters. The van der Waals surface area contributed by atoms with E-state index in [1.165, 1.54) is 25.0 Å². The largest absolute Gasteiger partial charge is 0.481 e. The van der Waals surface area contributed by atoms with Crippen molar-refractivity contribution in [3.8, 4) is 0 Å². The summed E-state index contributed by atoms with van der Waals surface area (Å²) in [4.78, 5) is 25.3. The fraction of sp³-hybridized carbons (Fsp3) is 0.520. The van der Waals surface area contributed by atoms with E-state index < -0.39 is 17.6 Å². The number of benzene rings is 1. The van der Waals surface area contributed by atoms with Crippen molar-refractivity contribution in [1.29, 1.82) is 0 Å². The fourth-order valence-electron chi connectivity index (χ4n) is 5.27. The van der Waals surface area contributed by atoms with Crippen LogP contribution in [0.1, 0.15) is 64.3 Å². The summed E-state index contributed by atoms with van der Waals surface area (Å²) in [7, 11) is 0. The van der Waals surface area contributed by atoms with E-state index in [0.717, 1.165) is 24.8 Å². The minimum Gasteiger partial charge on any atom is -0.481 e. The topological polar surface area (TPSA) is 105 Å². The summed E-state index contributed by atoms with van der Waals surface area (Å²) in [5.74, 6) is -0.891. The van der Waals surface area contributed by atoms with Crippen LogP contribution in [0.2, 0.25) is 0 Å². The highest BCUT2D eigenvalue weighted by Crippen LogP contribution is 2.37. The van der Waals surface area contributed by atoms with Crippen molar-refractivity contribution < 1.29 is 18.7 Å². The Balaban J connectivity index is 1.48. The van der Waals surface area contributed by atoms with Gasteiger partial charge in [-0.1, -0.05) is 6.92 Å². The average Bonchev–Trinajstić information content (AvgIpc) is 3.19. The minimum atomic E-state index is -0.777. The van der Waals surface area contributed by atoms with Crippen LogP contribution >= 0.6 is 0 Å². The highest BCUT2D eigenvalue weighted by molar-refractivity contribution is 5.77. The predicted octanol–water partition coefficient (Wildman–Crippen LogP) is 5.65. The summed E-state index contributed by atoms with van der Waals surface area (Å²) < 4.78 is 29.8. The number of carboxylic acid groups (broad SMARTS) is 1. The maximum atomic E-state index is 14.4. The van der Waals surface area contributed by atoms with Gasteiger partial charge in [0.25, 0.3) is 0 Å². The van der Waals surface area contributed by atoms with Crippen molar-refractivity contribution >= 4 is 34.7 Å². The average molecular weight is 485 g/mol. The Kier molecular flexibility index (Phi) is 6.53. The molecule has 2 heterocycles. The SMILES string of the molecule is CC1CCC(Nc2ncc3nc(Nc4ccc(F)cc4F)n(C4CCC(C(=O)O)CC4)c3n2)CC1. The molecule has 2 fully saturated rings. The van der Waals surface area contributed by atoms with Gasteiger partial charge in [-0.15, -0.1) is 0 Å². The first-order valence-electron chi connectivity index (χ1n) is 12.3. The normalized spacial score (nSPS) is 24.9. The van der Waals surface area contributed by atoms with Gasteiger partial charge in [0, 0.05) is 18.2 Å². The Morgan fingerprint density at radius 3 is 2.49 bits per heavy atom. The molecule has 3 aromatic rings. The van der Waals surface area contributed by atoms with Crippen molar-refractivity contribution in [3.05, 3.63) is 36.0 Å². The van der Waals surface area contributed by atoms with Gasteiger partial charge >= 0.3 is 5.97 Å². The van der Waals surface area contributed by atoms with Crippen LogP contribution in [0.3, 0.4) is 0 Å². The molecule has 0 aliphatic heterocycles. The van der Waals surface area contributed by atoms with E-state index in [0.29, 0.717) is 54.8 Å². The molecule has 0 atom stereocenters. The van der Waals surface area contributed by atoms with Crippen molar-refractivity contribution in [3.63, 3.8) is 0 Å². The maximum Gasteiger partial charge on any atom is 0.306 e. The zero-order valence-electron chi connectivity index (χ0n) is 19.7. The Hall–Kier alpha value is -3.30. The molecule has 0 saturated heterocycles. The molecule has 2 aliphatic rings. The molecule has 186 valence electrons. The van der Waals surface area contributed by atoms with E-state index in [2.05, 4.69) is 27.5 Å². The monoisotopic (exact) mass is 484 g/mol. The molecule has 2 aliphatic carbocycles. The Morgan fingerprint density at radius 1 is 1.06 bits per heavy atom. The van der Waals surface area contributed by atoms with Crippen molar-refractivity contribution in [2.24, 2.45) is 11.8 Å². The highest BCUT2D eigenvalue weighted by Gasteiger charge is 2.30. The number of imidazole rings is 1. The van der Waals surface area contributed by atoms with Crippen LogP contribution in [0.25, 0.3) is 11.2 Å². The zero-order chi connectivity index (χ0) is 24.5. The number of nitrogens with zero attached hydrogens (tertiary/aromatic N) is 4. The van der Waals surface area contributed by atoms with Gasteiger partial charge < -0.3 is 15.7 Å². The van der Waals surface area contributed by atoms with Crippen LogP contribution in [-0.2, 0) is 4.79 Å². The van der Waals surface area contributed by atoms with Crippen molar-refractivity contribution in [1.82, 2.24) is 19.5 Å². The molecule has 0 bridgehead atoms. The molecule has 2 aromatic heterocycles. The van der Waals surface area contributed by atoms with E-state index in [1.54, 1.807) is 6.20 Å². The molecule has 35 heavy (non-hydrogen) atoms. The number of carboxylic acids is 1. The van der Waals surface area contributed by atoms with Gasteiger partial charge in [-0.25, -0.2) is 18.7 Å². The lowest BCUT2D eigenvalue weighted by molar-refractivity contribution is -0.143. The van der Waals surface area contributed by atoms with Gasteiger partial charge in [-0.3, -0.25) is 9.36 Å². The van der Waals surface area contributed by atoms with E-state index >= 15 is 0 Å². The van der Waals surface area contributed by atoms with Gasteiger partial charge in [0.05, 0.1) is 17.8 Å². The number of rotatable bonds is 6. The lowest BCUT2D eigenvalue weighted by atomic mass is 9.86. The summed E-state index contributed by atoms with van der Waals surface area (Å²) >= 11 is 0. The number of aromatic nitrogens is 4. The van der Waals surface area contributed by atoms with Crippen LogP contribution in [0.15, 0.2) is 24.4 Å². The summed E-state index contributed by atoms with van der Waals surface area (Å²) in [5.41, 5.74) is 1.26. The second-order valence-electron chi connectivity index (χ2n) is 9.90. The minimum absolute atomic E-state index is 0.0557. The second-order valence-corrected chi connectivity index (χ2v) is 9.90. The third kappa shape index (κ3) is 5.06. The molecule has 3 N–H and O–H groups in total. The number of carbonyl (C=O) groups is 1. The van der Waals surface area contributed by atoms with Gasteiger partial charge in [0.15, 0.2) is 5.65 Å². The van der Waals surface area contributed by atoms with E-state index in [9.17, 15) is 18.7 Å². The molecule has 0 spiro atoms. The molecule has 0 amide bonds. The van der Waals surface area contributed by atoms with Crippen LogP contribution in [-0.4, -0.2) is 36.6 Å². The van der Waals surface area contributed by atoms with Gasteiger partial charge in [0.2, 0.25) is 11.9 Å². The molecule has 10 heteroatoms. The fourth-order valence-corrected chi connectivity index (χ4v) is 5.27. The number of anilines is 3. The molecular weight excluding hydrogens is 454 g/mol. The summed E-state index contributed by atoms with van der Waals surface area (Å²) in [6, 6.07) is 3.60. The quantitative estimate of drug-likeness (QED) is 0.415. The van der Waals surface area contributed by atoms with E-state index in [1.807, 2.05) is 4.57 Å². The molecule has 0 radical (unpaired) electrons. The first-order chi connectivity index (χ1) is 16.9. The lowest BCUT2D eigenvalue weighted by Gasteiger charge is -2.29. The van der Waals surface area contributed by atoms with Crippen LogP contribution in [0.5, 0.6) is 0 Å². The summed E-state index contributed by atoms with van der Waals surface area (Å²) in [6.07, 6.45) is 8.48. The number of nitrogens with one attached hydrogen (secondary N) is 2. The predicted molar refractivity (Wildman–Crippen MR) is 129 cm³/mol. The van der Waals surface area contributed by atoms with Crippen LogP contribution in [0.4, 0.5) is 26.4 Å². The van der Waals surface area contributed by atoms with Gasteiger partial charge in [-0.05, 0) is 69.4 Å². The van der Waals surface area contributed by atoms with Crippen LogP contribution in [0, 0.1) is 23.5 Å². The standard InChI is InChI=1S/C25H30F2N6O2/c1-14-2-7-17(8-3-14)29-24-28-13-21-22(32-24)33(18-9-4-15(5-10-18)23(34)35)25(31-21)30-20-11-6-16(26)12-19(20)27/h6,11-15,17-18H,2-5,7-10H2,1H3,(H,30,31)(H,34,35)(H,28,29,32). The third-order valence-electron chi connectivity index (χ3n) is 7.37. The Bertz CT molecular complexity index is 1220. The maximum absolute atomic E-state index is 14.4. The Morgan fingerprint density at radius 2 is 1.80 bits per heavy atom.